The molecule has 1 N–H and O–H groups in total. The van der Waals surface area contributed by atoms with E-state index in [1.54, 1.807) is 24.2 Å². The van der Waals surface area contributed by atoms with E-state index in [2.05, 4.69) is 27.3 Å². The molecule has 0 saturated carbocycles. The molecule has 0 saturated heterocycles. The number of benzene rings is 1. The first-order chi connectivity index (χ1) is 13.5. The van der Waals surface area contributed by atoms with Gasteiger partial charge >= 0.3 is 0 Å². The highest BCUT2D eigenvalue weighted by Gasteiger charge is 2.18. The smallest absolute Gasteiger partial charge is 0.174 e. The quantitative estimate of drug-likeness (QED) is 0.551. The molecule has 1 unspecified atom stereocenters. The van der Waals surface area contributed by atoms with E-state index in [9.17, 15) is 0 Å². The van der Waals surface area contributed by atoms with E-state index in [4.69, 9.17) is 9.15 Å². The number of nitrogens with one attached hydrogen (secondary N) is 1. The molecule has 0 fully saturated rings. The normalized spacial score (nSPS) is 12.3. The van der Waals surface area contributed by atoms with Crippen molar-refractivity contribution in [2.24, 2.45) is 0 Å². The number of fused-ring (bicyclic) bond motifs is 1. The topological polar surface area (TPSA) is 78.0 Å². The van der Waals surface area contributed by atoms with Crippen molar-refractivity contribution in [1.82, 2.24) is 19.7 Å². The number of hydrogen-bond donors (Lipinski definition) is 1. The predicted octanol–water partition coefficient (Wildman–Crippen LogP) is 4.52. The van der Waals surface area contributed by atoms with Gasteiger partial charge in [0, 0.05) is 16.6 Å². The zero-order chi connectivity index (χ0) is 19.8. The molecule has 0 radical (unpaired) electrons. The lowest BCUT2D eigenvalue weighted by molar-refractivity contribution is 0.415. The maximum absolute atomic E-state index is 6.09. The average Bonchev–Trinajstić information content (AvgIpc) is 3.20. The highest BCUT2D eigenvalue weighted by Crippen LogP contribution is 2.33. The van der Waals surface area contributed by atoms with Gasteiger partial charge < -0.3 is 14.5 Å². The summed E-state index contributed by atoms with van der Waals surface area (Å²) < 4.78 is 13.2. The van der Waals surface area contributed by atoms with Gasteiger partial charge in [0.2, 0.25) is 0 Å². The van der Waals surface area contributed by atoms with Gasteiger partial charge in [0.25, 0.3) is 0 Å². The van der Waals surface area contributed by atoms with Crippen LogP contribution in [0, 0.1) is 20.8 Å². The Hall–Kier alpha value is -3.35. The Morgan fingerprint density at radius 1 is 1.14 bits per heavy atom. The summed E-state index contributed by atoms with van der Waals surface area (Å²) in [5.74, 6) is 3.01. The van der Waals surface area contributed by atoms with Gasteiger partial charge in [0.05, 0.1) is 31.2 Å². The number of methoxy groups -OCH3 is 1. The van der Waals surface area contributed by atoms with Crippen LogP contribution in [-0.2, 0) is 0 Å². The average molecular weight is 377 g/mol. The summed E-state index contributed by atoms with van der Waals surface area (Å²) in [6.07, 6.45) is 3.40. The summed E-state index contributed by atoms with van der Waals surface area (Å²) in [5.41, 5.74) is 3.87. The fraction of sp³-hybridized carbons (Fsp3) is 0.286. The summed E-state index contributed by atoms with van der Waals surface area (Å²) in [7, 11) is 1.66. The van der Waals surface area contributed by atoms with Crippen LogP contribution < -0.4 is 10.1 Å². The van der Waals surface area contributed by atoms with Crippen molar-refractivity contribution in [1.29, 1.82) is 0 Å². The molecule has 0 spiro atoms. The summed E-state index contributed by atoms with van der Waals surface area (Å²) in [6, 6.07) is 7.75. The lowest BCUT2D eigenvalue weighted by atomic mass is 10.1. The Morgan fingerprint density at radius 2 is 1.96 bits per heavy atom. The van der Waals surface area contributed by atoms with Gasteiger partial charge in [0.15, 0.2) is 5.82 Å². The Labute approximate surface area is 163 Å². The molecule has 0 aliphatic heterocycles. The molecule has 0 amide bonds. The zero-order valence-electron chi connectivity index (χ0n) is 16.6. The third-order valence-electron chi connectivity index (χ3n) is 4.79. The van der Waals surface area contributed by atoms with Gasteiger partial charge in [-0.3, -0.25) is 4.98 Å². The number of anilines is 1. The number of ether oxygens (including phenoxy) is 1. The maximum Gasteiger partial charge on any atom is 0.174 e. The molecule has 0 bridgehead atoms. The number of aromatic nitrogens is 4. The monoisotopic (exact) mass is 377 g/mol. The molecule has 0 aliphatic rings. The van der Waals surface area contributed by atoms with Crippen LogP contribution in [0.25, 0.3) is 16.8 Å². The minimum Gasteiger partial charge on any atom is -0.497 e. The van der Waals surface area contributed by atoms with Gasteiger partial charge in [0.1, 0.15) is 22.9 Å². The van der Waals surface area contributed by atoms with Crippen molar-refractivity contribution >= 4 is 16.8 Å². The van der Waals surface area contributed by atoms with Gasteiger partial charge in [-0.2, -0.15) is 5.10 Å². The second-order valence-corrected chi connectivity index (χ2v) is 6.92. The number of nitrogens with zero attached hydrogens (tertiary/aromatic N) is 4. The zero-order valence-corrected chi connectivity index (χ0v) is 16.6. The van der Waals surface area contributed by atoms with E-state index in [1.807, 2.05) is 45.0 Å². The number of rotatable bonds is 5. The van der Waals surface area contributed by atoms with Crippen molar-refractivity contribution in [2.45, 2.75) is 33.7 Å². The number of aryl methyl sites for hydroxylation is 3. The van der Waals surface area contributed by atoms with Crippen LogP contribution in [-0.4, -0.2) is 26.9 Å². The standard InChI is InChI=1S/C21H23N5O2/c1-12-8-13(2)26(25-12)20-11-22-10-19(24-20)23-15(4)21-14(3)17-9-16(27-5)6-7-18(17)28-21/h6-11,15H,1-5H3,(H,23,24). The van der Waals surface area contributed by atoms with Crippen LogP contribution in [0.3, 0.4) is 0 Å². The molecular formula is C21H23N5O2. The molecule has 1 aromatic carbocycles. The minimum atomic E-state index is -0.0802. The molecular weight excluding hydrogens is 354 g/mol. The van der Waals surface area contributed by atoms with Crippen LogP contribution in [0.5, 0.6) is 5.75 Å². The fourth-order valence-corrected chi connectivity index (χ4v) is 3.43. The van der Waals surface area contributed by atoms with E-state index < -0.39 is 0 Å². The first kappa shape index (κ1) is 18.0. The highest BCUT2D eigenvalue weighted by atomic mass is 16.5. The Morgan fingerprint density at radius 3 is 2.68 bits per heavy atom. The summed E-state index contributed by atoms with van der Waals surface area (Å²) in [5, 5.41) is 8.91. The van der Waals surface area contributed by atoms with Gasteiger partial charge in [-0.05, 0) is 52.0 Å². The highest BCUT2D eigenvalue weighted by molar-refractivity contribution is 5.83. The first-order valence-corrected chi connectivity index (χ1v) is 9.15. The first-order valence-electron chi connectivity index (χ1n) is 9.15. The summed E-state index contributed by atoms with van der Waals surface area (Å²) in [6.45, 7) is 8.05. The van der Waals surface area contributed by atoms with E-state index in [0.717, 1.165) is 39.4 Å². The van der Waals surface area contributed by atoms with Crippen LogP contribution in [0.1, 0.15) is 35.7 Å². The molecule has 3 aromatic heterocycles. The van der Waals surface area contributed by atoms with Gasteiger partial charge in [-0.1, -0.05) is 0 Å². The maximum atomic E-state index is 6.09. The SMILES string of the molecule is COc1ccc2oc(C(C)Nc3cncc(-n4nc(C)cc4C)n3)c(C)c2c1. The molecule has 0 aliphatic carbocycles. The van der Waals surface area contributed by atoms with Crippen LogP contribution >= 0.6 is 0 Å². The molecule has 1 atom stereocenters. The largest absolute Gasteiger partial charge is 0.497 e. The second kappa shape index (κ2) is 6.99. The number of hydrogen-bond acceptors (Lipinski definition) is 6. The molecule has 7 nitrogen and oxygen atoms in total. The lowest BCUT2D eigenvalue weighted by Gasteiger charge is -2.14. The van der Waals surface area contributed by atoms with E-state index in [-0.39, 0.29) is 6.04 Å². The van der Waals surface area contributed by atoms with Crippen molar-refractivity contribution in [3.05, 3.63) is 59.4 Å². The second-order valence-electron chi connectivity index (χ2n) is 6.92. The third kappa shape index (κ3) is 3.19. The van der Waals surface area contributed by atoms with Crippen molar-refractivity contribution in [2.75, 3.05) is 12.4 Å². The molecule has 144 valence electrons. The lowest BCUT2D eigenvalue weighted by Crippen LogP contribution is -2.10. The van der Waals surface area contributed by atoms with Gasteiger partial charge in [-0.15, -0.1) is 0 Å². The van der Waals surface area contributed by atoms with Crippen molar-refractivity contribution in [3.63, 3.8) is 0 Å². The van der Waals surface area contributed by atoms with E-state index in [1.165, 1.54) is 0 Å². The summed E-state index contributed by atoms with van der Waals surface area (Å²) in [4.78, 5) is 8.97. The predicted molar refractivity (Wildman–Crippen MR) is 108 cm³/mol. The van der Waals surface area contributed by atoms with Gasteiger partial charge in [-0.25, -0.2) is 9.67 Å². The van der Waals surface area contributed by atoms with Crippen LogP contribution in [0.2, 0.25) is 0 Å². The molecule has 28 heavy (non-hydrogen) atoms. The molecule has 3 heterocycles. The third-order valence-corrected chi connectivity index (χ3v) is 4.79. The van der Waals surface area contributed by atoms with Crippen molar-refractivity contribution < 1.29 is 9.15 Å². The van der Waals surface area contributed by atoms with E-state index in [0.29, 0.717) is 11.6 Å². The van der Waals surface area contributed by atoms with E-state index >= 15 is 0 Å². The fourth-order valence-electron chi connectivity index (χ4n) is 3.43. The Bertz CT molecular complexity index is 1150. The summed E-state index contributed by atoms with van der Waals surface area (Å²) >= 11 is 0. The minimum absolute atomic E-state index is 0.0802. The molecule has 7 heteroatoms. The Balaban J connectivity index is 1.63. The Kier molecular flexibility index (Phi) is 4.50. The number of furan rings is 1. The molecule has 4 rings (SSSR count). The van der Waals surface area contributed by atoms with Crippen LogP contribution in [0.4, 0.5) is 5.82 Å². The van der Waals surface area contributed by atoms with Crippen LogP contribution in [0.15, 0.2) is 41.1 Å². The van der Waals surface area contributed by atoms with Crippen molar-refractivity contribution in [3.8, 4) is 11.6 Å². The molecule has 4 aromatic rings.